The quantitative estimate of drug-likeness (QED) is 0.808. The molecule has 8 heteroatoms. The van der Waals surface area contributed by atoms with E-state index >= 15 is 0 Å². The summed E-state index contributed by atoms with van der Waals surface area (Å²) >= 11 is 8.12. The highest BCUT2D eigenvalue weighted by atomic mass is 79.9. The highest BCUT2D eigenvalue weighted by molar-refractivity contribution is 9.13. The van der Waals surface area contributed by atoms with E-state index in [9.17, 15) is 13.2 Å². The SMILES string of the molecule is CNC(COCC(F)(F)F)c1cc(Br)c(Br)s1. The number of alkyl halides is 3. The van der Waals surface area contributed by atoms with Gasteiger partial charge >= 0.3 is 6.18 Å². The lowest BCUT2D eigenvalue weighted by molar-refractivity contribution is -0.175. The topological polar surface area (TPSA) is 21.3 Å². The lowest BCUT2D eigenvalue weighted by Crippen LogP contribution is -2.25. The smallest absolute Gasteiger partial charge is 0.370 e. The van der Waals surface area contributed by atoms with Gasteiger partial charge in [0.2, 0.25) is 0 Å². The van der Waals surface area contributed by atoms with Crippen LogP contribution in [-0.4, -0.2) is 26.4 Å². The monoisotopic (exact) mass is 395 g/mol. The predicted octanol–water partition coefficient (Wildman–Crippen LogP) is 4.11. The lowest BCUT2D eigenvalue weighted by atomic mass is 10.2. The van der Waals surface area contributed by atoms with Crippen molar-refractivity contribution in [1.29, 1.82) is 0 Å². The Morgan fingerprint density at radius 2 is 2.12 bits per heavy atom. The fourth-order valence-corrected chi connectivity index (χ4v) is 3.32. The van der Waals surface area contributed by atoms with Crippen molar-refractivity contribution in [2.75, 3.05) is 20.3 Å². The zero-order valence-electron chi connectivity index (χ0n) is 8.78. The van der Waals surface area contributed by atoms with Crippen LogP contribution >= 0.6 is 43.2 Å². The van der Waals surface area contributed by atoms with E-state index in [1.54, 1.807) is 7.05 Å². The van der Waals surface area contributed by atoms with Crippen LogP contribution in [0.25, 0.3) is 0 Å². The highest BCUT2D eigenvalue weighted by Gasteiger charge is 2.28. The third-order valence-electron chi connectivity index (χ3n) is 1.91. The Kier molecular flexibility index (Phi) is 5.91. The van der Waals surface area contributed by atoms with Crippen LogP contribution in [0.15, 0.2) is 14.3 Å². The van der Waals surface area contributed by atoms with Gasteiger partial charge in [-0.3, -0.25) is 0 Å². The number of likely N-dealkylation sites (N-methyl/N-ethyl adjacent to an activating group) is 1. The number of ether oxygens (including phenoxy) is 1. The summed E-state index contributed by atoms with van der Waals surface area (Å²) in [5.41, 5.74) is 0. The van der Waals surface area contributed by atoms with Crippen LogP contribution in [-0.2, 0) is 4.74 Å². The van der Waals surface area contributed by atoms with Crippen LogP contribution < -0.4 is 5.32 Å². The molecule has 1 heterocycles. The maximum absolute atomic E-state index is 11.9. The van der Waals surface area contributed by atoms with Gasteiger partial charge < -0.3 is 10.1 Å². The predicted molar refractivity (Wildman–Crippen MR) is 68.4 cm³/mol. The summed E-state index contributed by atoms with van der Waals surface area (Å²) in [6.45, 7) is -1.24. The first-order valence-corrected chi connectivity index (χ1v) is 7.00. The van der Waals surface area contributed by atoms with Crippen LogP contribution in [0, 0.1) is 0 Å². The molecule has 0 fully saturated rings. The van der Waals surface area contributed by atoms with Gasteiger partial charge in [0.1, 0.15) is 6.61 Å². The summed E-state index contributed by atoms with van der Waals surface area (Å²) in [5, 5.41) is 2.92. The molecule has 98 valence electrons. The van der Waals surface area contributed by atoms with Gasteiger partial charge in [-0.2, -0.15) is 13.2 Å². The van der Waals surface area contributed by atoms with E-state index in [-0.39, 0.29) is 12.6 Å². The van der Waals surface area contributed by atoms with Crippen molar-refractivity contribution >= 4 is 43.2 Å². The molecule has 0 saturated carbocycles. The Balaban J connectivity index is 2.54. The summed E-state index contributed by atoms with van der Waals surface area (Å²) < 4.78 is 42.2. The van der Waals surface area contributed by atoms with Crippen LogP contribution in [0.5, 0.6) is 0 Å². The van der Waals surface area contributed by atoms with E-state index in [0.717, 1.165) is 13.1 Å². The van der Waals surface area contributed by atoms with Crippen molar-refractivity contribution in [2.24, 2.45) is 0 Å². The third kappa shape index (κ3) is 5.25. The van der Waals surface area contributed by atoms with Crippen molar-refractivity contribution in [3.63, 3.8) is 0 Å². The van der Waals surface area contributed by atoms with Crippen molar-refractivity contribution < 1.29 is 17.9 Å². The average molecular weight is 397 g/mol. The molecule has 0 radical (unpaired) electrons. The zero-order chi connectivity index (χ0) is 13.1. The molecule has 17 heavy (non-hydrogen) atoms. The first-order valence-electron chi connectivity index (χ1n) is 4.60. The lowest BCUT2D eigenvalue weighted by Gasteiger charge is -2.15. The normalized spacial score (nSPS) is 14.0. The van der Waals surface area contributed by atoms with E-state index in [1.165, 1.54) is 11.3 Å². The van der Waals surface area contributed by atoms with Crippen LogP contribution in [0.3, 0.4) is 0 Å². The molecule has 0 saturated heterocycles. The molecule has 0 spiro atoms. The fraction of sp³-hybridized carbons (Fsp3) is 0.556. The largest absolute Gasteiger partial charge is 0.411 e. The third-order valence-corrected chi connectivity index (χ3v) is 5.28. The van der Waals surface area contributed by atoms with Gasteiger partial charge in [-0.15, -0.1) is 11.3 Å². The minimum Gasteiger partial charge on any atom is -0.370 e. The second-order valence-corrected chi connectivity index (χ2v) is 6.50. The number of rotatable bonds is 5. The van der Waals surface area contributed by atoms with Crippen LogP contribution in [0.2, 0.25) is 0 Å². The minimum atomic E-state index is -4.28. The molecule has 0 amide bonds. The van der Waals surface area contributed by atoms with Crippen molar-refractivity contribution in [2.45, 2.75) is 12.2 Å². The van der Waals surface area contributed by atoms with Gasteiger partial charge in [0, 0.05) is 9.35 Å². The molecule has 0 aromatic carbocycles. The van der Waals surface area contributed by atoms with Crippen molar-refractivity contribution in [3.8, 4) is 0 Å². The number of halogens is 5. The standard InChI is InChI=1S/C9H10Br2F3NOS/c1-15-6(3-16-4-9(12,13)14)7-2-5(10)8(11)17-7/h2,6,15H,3-4H2,1H3. The summed E-state index contributed by atoms with van der Waals surface area (Å²) in [6, 6.07) is 1.61. The van der Waals surface area contributed by atoms with E-state index < -0.39 is 12.8 Å². The summed E-state index contributed by atoms with van der Waals surface area (Å²) in [7, 11) is 1.68. The van der Waals surface area contributed by atoms with Gasteiger partial charge in [-0.1, -0.05) is 0 Å². The van der Waals surface area contributed by atoms with E-state index in [1.807, 2.05) is 6.07 Å². The van der Waals surface area contributed by atoms with Gasteiger partial charge in [0.05, 0.1) is 16.4 Å². The minimum absolute atomic E-state index is 0.0184. The molecule has 1 unspecified atom stereocenters. The molecule has 0 bridgehead atoms. The second kappa shape index (κ2) is 6.51. The maximum atomic E-state index is 11.9. The van der Waals surface area contributed by atoms with E-state index in [2.05, 4.69) is 41.9 Å². The Hall–Kier alpha value is 0.370. The molecule has 0 aliphatic rings. The molecular weight excluding hydrogens is 387 g/mol. The second-order valence-electron chi connectivity index (χ2n) is 3.24. The molecule has 0 aliphatic heterocycles. The molecule has 1 rings (SSSR count). The summed E-state index contributed by atoms with van der Waals surface area (Å²) in [5.74, 6) is 0. The first kappa shape index (κ1) is 15.4. The van der Waals surface area contributed by atoms with Crippen molar-refractivity contribution in [1.82, 2.24) is 5.32 Å². The molecular formula is C9H10Br2F3NOS. The van der Waals surface area contributed by atoms with Gasteiger partial charge in [0.25, 0.3) is 0 Å². The van der Waals surface area contributed by atoms with Gasteiger partial charge in [-0.05, 0) is 45.0 Å². The Labute approximate surface area is 118 Å². The Morgan fingerprint density at radius 3 is 2.53 bits per heavy atom. The molecule has 2 nitrogen and oxygen atoms in total. The summed E-state index contributed by atoms with van der Waals surface area (Å²) in [6.07, 6.45) is -4.28. The zero-order valence-corrected chi connectivity index (χ0v) is 12.8. The Bertz CT molecular complexity index is 350. The van der Waals surface area contributed by atoms with E-state index in [0.29, 0.717) is 0 Å². The number of hydrogen-bond acceptors (Lipinski definition) is 3. The maximum Gasteiger partial charge on any atom is 0.411 e. The number of hydrogen-bond donors (Lipinski definition) is 1. The molecule has 1 aromatic rings. The Morgan fingerprint density at radius 1 is 1.47 bits per heavy atom. The van der Waals surface area contributed by atoms with Crippen LogP contribution in [0.1, 0.15) is 10.9 Å². The van der Waals surface area contributed by atoms with Crippen LogP contribution in [0.4, 0.5) is 13.2 Å². The van der Waals surface area contributed by atoms with Gasteiger partial charge in [0.15, 0.2) is 0 Å². The molecule has 1 aromatic heterocycles. The summed E-state index contributed by atoms with van der Waals surface area (Å²) in [4.78, 5) is 0.911. The van der Waals surface area contributed by atoms with E-state index in [4.69, 9.17) is 0 Å². The average Bonchev–Trinajstić information content (AvgIpc) is 2.52. The van der Waals surface area contributed by atoms with Gasteiger partial charge in [-0.25, -0.2) is 0 Å². The fourth-order valence-electron chi connectivity index (χ4n) is 1.14. The number of nitrogens with one attached hydrogen (secondary N) is 1. The molecule has 1 N–H and O–H groups in total. The molecule has 1 atom stereocenters. The first-order chi connectivity index (χ1) is 7.83. The molecule has 0 aliphatic carbocycles. The van der Waals surface area contributed by atoms with Crippen molar-refractivity contribution in [3.05, 3.63) is 19.2 Å². The number of thiophene rings is 1. The highest BCUT2D eigenvalue weighted by Crippen LogP contribution is 2.35.